The molecule has 1 fully saturated rings. The molecule has 82 valence electrons. The Kier molecular flexibility index (Phi) is 2.57. The number of likely N-dealkylation sites (N-methyl/N-ethyl adjacent to an activating group) is 1. The van der Waals surface area contributed by atoms with Gasteiger partial charge < -0.3 is 15.2 Å². The molecule has 0 aliphatic carbocycles. The van der Waals surface area contributed by atoms with E-state index in [-0.39, 0.29) is 17.8 Å². The molecular formula is C9H14N4O2. The van der Waals surface area contributed by atoms with Gasteiger partial charge in [-0.2, -0.15) is 4.98 Å². The number of hydrogen-bond donors (Lipinski definition) is 1. The molecule has 6 heteroatoms. The second kappa shape index (κ2) is 3.88. The van der Waals surface area contributed by atoms with Gasteiger partial charge in [0, 0.05) is 25.4 Å². The molecule has 0 unspecified atom stereocenters. The first-order valence-corrected chi connectivity index (χ1v) is 5.07. The summed E-state index contributed by atoms with van der Waals surface area (Å²) in [5.74, 6) is 0.965. The van der Waals surface area contributed by atoms with Gasteiger partial charge in [-0.25, -0.2) is 0 Å². The van der Waals surface area contributed by atoms with Crippen LogP contribution in [0.15, 0.2) is 4.52 Å². The van der Waals surface area contributed by atoms with Crippen LogP contribution in [-0.2, 0) is 4.79 Å². The largest absolute Gasteiger partial charge is 0.351 e. The number of nitrogens with zero attached hydrogens (tertiary/aromatic N) is 3. The van der Waals surface area contributed by atoms with Gasteiger partial charge in [0.1, 0.15) is 0 Å². The number of aromatic nitrogens is 2. The van der Waals surface area contributed by atoms with Crippen LogP contribution in [0.3, 0.4) is 0 Å². The zero-order chi connectivity index (χ0) is 10.8. The molecule has 2 heterocycles. The molecule has 0 saturated carbocycles. The molecule has 0 aromatic carbocycles. The van der Waals surface area contributed by atoms with E-state index in [0.29, 0.717) is 18.8 Å². The van der Waals surface area contributed by atoms with Crippen molar-refractivity contribution in [3.63, 3.8) is 0 Å². The van der Waals surface area contributed by atoms with Crippen LogP contribution in [0.1, 0.15) is 31.5 Å². The summed E-state index contributed by atoms with van der Waals surface area (Å²) in [5, 5.41) is 3.78. The Morgan fingerprint density at radius 2 is 2.47 bits per heavy atom. The van der Waals surface area contributed by atoms with Gasteiger partial charge in [-0.15, -0.1) is 0 Å². The lowest BCUT2D eigenvalue weighted by Crippen LogP contribution is -2.39. The fourth-order valence-electron chi connectivity index (χ4n) is 1.84. The van der Waals surface area contributed by atoms with E-state index < -0.39 is 0 Å². The van der Waals surface area contributed by atoms with E-state index >= 15 is 0 Å². The number of nitrogens with two attached hydrogens (primary N) is 1. The second-order valence-electron chi connectivity index (χ2n) is 3.66. The standard InChI is InChI=1S/C9H14N4O2/c1-2-13-5-6(3-4-7(13)14)8-11-9(10)15-12-8/h6H,2-5H2,1H3,(H2,10,11,12)/t6-/m1/s1. The number of carbonyl (C=O) groups is 1. The Morgan fingerprint density at radius 3 is 3.07 bits per heavy atom. The molecule has 0 spiro atoms. The summed E-state index contributed by atoms with van der Waals surface area (Å²) >= 11 is 0. The fourth-order valence-corrected chi connectivity index (χ4v) is 1.84. The molecular weight excluding hydrogens is 196 g/mol. The quantitative estimate of drug-likeness (QED) is 0.762. The van der Waals surface area contributed by atoms with Crippen molar-refractivity contribution < 1.29 is 9.32 Å². The first-order valence-electron chi connectivity index (χ1n) is 5.07. The maximum Gasteiger partial charge on any atom is 0.318 e. The molecule has 1 aliphatic rings. The van der Waals surface area contributed by atoms with Crippen molar-refractivity contribution in [1.29, 1.82) is 0 Å². The lowest BCUT2D eigenvalue weighted by atomic mass is 9.97. The van der Waals surface area contributed by atoms with Gasteiger partial charge in [-0.05, 0) is 13.3 Å². The molecule has 1 saturated heterocycles. The molecule has 0 bridgehead atoms. The normalized spacial score (nSPS) is 22.1. The number of anilines is 1. The average Bonchev–Trinajstić information content (AvgIpc) is 2.66. The predicted molar refractivity (Wildman–Crippen MR) is 52.9 cm³/mol. The molecule has 6 nitrogen and oxygen atoms in total. The maximum atomic E-state index is 11.4. The topological polar surface area (TPSA) is 85.2 Å². The molecule has 2 rings (SSSR count). The SMILES string of the molecule is CCN1C[C@H](c2noc(N)n2)CCC1=O. The predicted octanol–water partition coefficient (Wildman–Crippen LogP) is 0.378. The first-order chi connectivity index (χ1) is 7.20. The fraction of sp³-hybridized carbons (Fsp3) is 0.667. The van der Waals surface area contributed by atoms with Crippen LogP contribution in [0.5, 0.6) is 0 Å². The van der Waals surface area contributed by atoms with Crippen LogP contribution in [0.4, 0.5) is 6.01 Å². The first kappa shape index (κ1) is 9.95. The zero-order valence-corrected chi connectivity index (χ0v) is 8.64. The third-order valence-electron chi connectivity index (χ3n) is 2.70. The minimum Gasteiger partial charge on any atom is -0.351 e. The minimum atomic E-state index is 0.0879. The maximum absolute atomic E-state index is 11.4. The molecule has 0 radical (unpaired) electrons. The van der Waals surface area contributed by atoms with Gasteiger partial charge in [0.25, 0.3) is 0 Å². The Bertz CT molecular complexity index is 363. The van der Waals surface area contributed by atoms with Crippen molar-refractivity contribution in [2.75, 3.05) is 18.8 Å². The van der Waals surface area contributed by atoms with Crippen LogP contribution in [0, 0.1) is 0 Å². The lowest BCUT2D eigenvalue weighted by molar-refractivity contribution is -0.133. The number of rotatable bonds is 2. The number of piperidine rings is 1. The lowest BCUT2D eigenvalue weighted by Gasteiger charge is -2.29. The van der Waals surface area contributed by atoms with E-state index in [9.17, 15) is 4.79 Å². The van der Waals surface area contributed by atoms with E-state index in [0.717, 1.165) is 13.0 Å². The average molecular weight is 210 g/mol. The number of likely N-dealkylation sites (tertiary alicyclic amines) is 1. The Labute approximate surface area is 87.4 Å². The number of amides is 1. The van der Waals surface area contributed by atoms with E-state index in [1.807, 2.05) is 6.92 Å². The van der Waals surface area contributed by atoms with Crippen molar-refractivity contribution >= 4 is 11.9 Å². The summed E-state index contributed by atoms with van der Waals surface area (Å²) in [6, 6.07) is 0.0879. The summed E-state index contributed by atoms with van der Waals surface area (Å²) in [5.41, 5.74) is 5.36. The highest BCUT2D eigenvalue weighted by atomic mass is 16.5. The van der Waals surface area contributed by atoms with Crippen LogP contribution in [0.2, 0.25) is 0 Å². The number of nitrogen functional groups attached to an aromatic ring is 1. The number of carbonyl (C=O) groups excluding carboxylic acids is 1. The monoisotopic (exact) mass is 210 g/mol. The molecule has 1 aromatic rings. The van der Waals surface area contributed by atoms with Crippen LogP contribution >= 0.6 is 0 Å². The van der Waals surface area contributed by atoms with Crippen molar-refractivity contribution in [2.45, 2.75) is 25.7 Å². The van der Waals surface area contributed by atoms with E-state index in [4.69, 9.17) is 10.3 Å². The highest BCUT2D eigenvalue weighted by Gasteiger charge is 2.28. The summed E-state index contributed by atoms with van der Waals surface area (Å²) in [6.45, 7) is 3.35. The number of hydrogen-bond acceptors (Lipinski definition) is 5. The molecule has 1 amide bonds. The van der Waals surface area contributed by atoms with Crippen LogP contribution in [-0.4, -0.2) is 34.0 Å². The second-order valence-corrected chi connectivity index (χ2v) is 3.66. The van der Waals surface area contributed by atoms with Gasteiger partial charge in [-0.1, -0.05) is 5.16 Å². The molecule has 1 aliphatic heterocycles. The van der Waals surface area contributed by atoms with E-state index in [1.165, 1.54) is 0 Å². The summed E-state index contributed by atoms with van der Waals surface area (Å²) in [4.78, 5) is 17.2. The van der Waals surface area contributed by atoms with Gasteiger partial charge >= 0.3 is 6.01 Å². The zero-order valence-electron chi connectivity index (χ0n) is 8.64. The van der Waals surface area contributed by atoms with Crippen molar-refractivity contribution in [2.24, 2.45) is 0 Å². The van der Waals surface area contributed by atoms with Gasteiger partial charge in [-0.3, -0.25) is 4.79 Å². The van der Waals surface area contributed by atoms with Gasteiger partial charge in [0.2, 0.25) is 5.91 Å². The Balaban J connectivity index is 2.09. The summed E-state index contributed by atoms with van der Waals surface area (Å²) < 4.78 is 4.73. The van der Waals surface area contributed by atoms with Crippen molar-refractivity contribution in [1.82, 2.24) is 15.0 Å². The van der Waals surface area contributed by atoms with Crippen molar-refractivity contribution in [3.8, 4) is 0 Å². The van der Waals surface area contributed by atoms with E-state index in [2.05, 4.69) is 10.1 Å². The van der Waals surface area contributed by atoms with Gasteiger partial charge in [0.15, 0.2) is 5.82 Å². The molecule has 2 N–H and O–H groups in total. The van der Waals surface area contributed by atoms with E-state index in [1.54, 1.807) is 4.90 Å². The summed E-state index contributed by atoms with van der Waals surface area (Å²) in [6.07, 6.45) is 1.32. The molecule has 15 heavy (non-hydrogen) atoms. The molecule has 1 atom stereocenters. The molecule has 1 aromatic heterocycles. The van der Waals surface area contributed by atoms with Crippen LogP contribution in [0.25, 0.3) is 0 Å². The highest BCUT2D eigenvalue weighted by Crippen LogP contribution is 2.25. The Hall–Kier alpha value is -1.59. The Morgan fingerprint density at radius 1 is 1.67 bits per heavy atom. The van der Waals surface area contributed by atoms with Crippen LogP contribution < -0.4 is 5.73 Å². The minimum absolute atomic E-state index is 0.0879. The third kappa shape index (κ3) is 1.93. The highest BCUT2D eigenvalue weighted by molar-refractivity contribution is 5.77. The smallest absolute Gasteiger partial charge is 0.318 e. The van der Waals surface area contributed by atoms with Gasteiger partial charge in [0.05, 0.1) is 0 Å². The van der Waals surface area contributed by atoms with Crippen molar-refractivity contribution in [3.05, 3.63) is 5.82 Å². The third-order valence-corrected chi connectivity index (χ3v) is 2.70. The summed E-state index contributed by atoms with van der Waals surface area (Å²) in [7, 11) is 0.